The molecule has 1 aliphatic rings. The summed E-state index contributed by atoms with van der Waals surface area (Å²) >= 11 is 5.79. The maximum Gasteiger partial charge on any atom is 0.188 e. The number of azide groups is 1. The Hall–Kier alpha value is -2.15. The lowest BCUT2D eigenvalue weighted by atomic mass is 9.75. The van der Waals surface area contributed by atoms with E-state index in [2.05, 4.69) is 10.0 Å². The molecule has 0 atom stereocenters. The first-order valence-electron chi connectivity index (χ1n) is 7.30. The zero-order valence-corrected chi connectivity index (χ0v) is 14.3. The fourth-order valence-electron chi connectivity index (χ4n) is 3.13. The first kappa shape index (κ1) is 17.7. The molecule has 0 unspecified atom stereocenters. The Kier molecular flexibility index (Phi) is 4.45. The van der Waals surface area contributed by atoms with E-state index in [0.717, 1.165) is 18.2 Å². The summed E-state index contributed by atoms with van der Waals surface area (Å²) in [7, 11) is -4.07. The van der Waals surface area contributed by atoms with Crippen molar-refractivity contribution in [3.63, 3.8) is 0 Å². The Balaban J connectivity index is 2.17. The van der Waals surface area contributed by atoms with Crippen LogP contribution in [-0.2, 0) is 14.6 Å². The van der Waals surface area contributed by atoms with E-state index in [4.69, 9.17) is 17.1 Å². The SMILES string of the molecule is [N-]=[N+]=N[C@H]1C[C@](c2cc(F)ccc2F)(S(=O)(=O)c2ccc(Cl)cc2)C1. The number of halogens is 3. The van der Waals surface area contributed by atoms with Crippen molar-refractivity contribution < 1.29 is 17.2 Å². The summed E-state index contributed by atoms with van der Waals surface area (Å²) in [5.41, 5.74) is 8.29. The number of sulfone groups is 1. The Morgan fingerprint density at radius 3 is 2.40 bits per heavy atom. The molecular weight excluding hydrogens is 372 g/mol. The average molecular weight is 384 g/mol. The van der Waals surface area contributed by atoms with Crippen LogP contribution in [-0.4, -0.2) is 14.5 Å². The molecule has 0 saturated heterocycles. The summed E-state index contributed by atoms with van der Waals surface area (Å²) in [5, 5.41) is 3.86. The van der Waals surface area contributed by atoms with Crippen molar-refractivity contribution in [2.45, 2.75) is 28.5 Å². The third-order valence-corrected chi connectivity index (χ3v) is 7.13. The van der Waals surface area contributed by atoms with Crippen molar-refractivity contribution in [1.82, 2.24) is 0 Å². The van der Waals surface area contributed by atoms with Gasteiger partial charge in [0, 0.05) is 21.5 Å². The third-order valence-electron chi connectivity index (χ3n) is 4.40. The monoisotopic (exact) mass is 383 g/mol. The second kappa shape index (κ2) is 6.29. The maximum atomic E-state index is 14.4. The van der Waals surface area contributed by atoms with Crippen LogP contribution >= 0.6 is 11.6 Å². The van der Waals surface area contributed by atoms with Gasteiger partial charge < -0.3 is 0 Å². The van der Waals surface area contributed by atoms with E-state index in [1.165, 1.54) is 24.3 Å². The lowest BCUT2D eigenvalue weighted by Gasteiger charge is -2.45. The highest BCUT2D eigenvalue weighted by Crippen LogP contribution is 2.53. The minimum absolute atomic E-state index is 0.0556. The van der Waals surface area contributed by atoms with Crippen molar-refractivity contribution in [3.05, 3.63) is 75.1 Å². The van der Waals surface area contributed by atoms with E-state index in [1.807, 2.05) is 0 Å². The van der Waals surface area contributed by atoms with Crippen LogP contribution in [0.15, 0.2) is 52.5 Å². The second-order valence-corrected chi connectivity index (χ2v) is 8.54. The van der Waals surface area contributed by atoms with Gasteiger partial charge in [-0.3, -0.25) is 0 Å². The average Bonchev–Trinajstić information content (AvgIpc) is 2.53. The van der Waals surface area contributed by atoms with Gasteiger partial charge in [0.2, 0.25) is 0 Å². The van der Waals surface area contributed by atoms with Gasteiger partial charge in [0.25, 0.3) is 0 Å². The standard InChI is InChI=1S/C16H12ClF2N3O2S/c17-10-1-4-13(5-2-10)25(23,24)16(8-12(9-16)21-22-20)14-7-11(18)3-6-15(14)19/h1-7,12H,8-9H2/t12-,16-. The van der Waals surface area contributed by atoms with Gasteiger partial charge >= 0.3 is 0 Å². The molecule has 3 rings (SSSR count). The highest BCUT2D eigenvalue weighted by Gasteiger charge is 2.56. The van der Waals surface area contributed by atoms with Crippen LogP contribution in [0.1, 0.15) is 18.4 Å². The predicted molar refractivity (Wildman–Crippen MR) is 88.8 cm³/mol. The fourth-order valence-corrected chi connectivity index (χ4v) is 5.47. The van der Waals surface area contributed by atoms with E-state index in [0.29, 0.717) is 5.02 Å². The molecule has 0 heterocycles. The second-order valence-electron chi connectivity index (χ2n) is 5.84. The summed E-state index contributed by atoms with van der Waals surface area (Å²) in [6.07, 6.45) is -0.245. The Morgan fingerprint density at radius 1 is 1.16 bits per heavy atom. The summed E-state index contributed by atoms with van der Waals surface area (Å²) in [6.45, 7) is 0. The van der Waals surface area contributed by atoms with Gasteiger partial charge in [-0.2, -0.15) is 0 Å². The van der Waals surface area contributed by atoms with Gasteiger partial charge in [-0.25, -0.2) is 17.2 Å². The van der Waals surface area contributed by atoms with E-state index >= 15 is 0 Å². The van der Waals surface area contributed by atoms with Crippen molar-refractivity contribution in [2.24, 2.45) is 5.11 Å². The lowest BCUT2D eigenvalue weighted by molar-refractivity contribution is 0.283. The molecule has 0 N–H and O–H groups in total. The van der Waals surface area contributed by atoms with Crippen LogP contribution in [0.3, 0.4) is 0 Å². The normalized spacial score (nSPS) is 22.8. The lowest BCUT2D eigenvalue weighted by Crippen LogP contribution is -2.50. The van der Waals surface area contributed by atoms with Crippen molar-refractivity contribution in [3.8, 4) is 0 Å². The predicted octanol–water partition coefficient (Wildman–Crippen LogP) is 4.76. The van der Waals surface area contributed by atoms with Crippen LogP contribution in [0.5, 0.6) is 0 Å². The highest BCUT2D eigenvalue weighted by atomic mass is 35.5. The molecule has 0 spiro atoms. The van der Waals surface area contributed by atoms with E-state index in [9.17, 15) is 17.2 Å². The Labute approximate surface area is 147 Å². The highest BCUT2D eigenvalue weighted by molar-refractivity contribution is 7.92. The topological polar surface area (TPSA) is 82.9 Å². The summed E-state index contributed by atoms with van der Waals surface area (Å²) in [6, 6.07) is 7.55. The molecule has 1 saturated carbocycles. The van der Waals surface area contributed by atoms with Crippen molar-refractivity contribution in [2.75, 3.05) is 0 Å². The van der Waals surface area contributed by atoms with Gasteiger partial charge in [0.1, 0.15) is 16.4 Å². The smallest absolute Gasteiger partial charge is 0.188 e. The van der Waals surface area contributed by atoms with Gasteiger partial charge in [0.05, 0.1) is 4.90 Å². The molecule has 2 aromatic rings. The zero-order valence-electron chi connectivity index (χ0n) is 12.7. The van der Waals surface area contributed by atoms with Crippen LogP contribution in [0.4, 0.5) is 8.78 Å². The van der Waals surface area contributed by atoms with E-state index in [-0.39, 0.29) is 23.3 Å². The maximum absolute atomic E-state index is 14.4. The number of rotatable bonds is 4. The van der Waals surface area contributed by atoms with E-state index in [1.54, 1.807) is 0 Å². The van der Waals surface area contributed by atoms with Gasteiger partial charge in [-0.15, -0.1) is 0 Å². The molecule has 1 aliphatic carbocycles. The van der Waals surface area contributed by atoms with Crippen molar-refractivity contribution >= 4 is 21.4 Å². The third kappa shape index (κ3) is 2.86. The van der Waals surface area contributed by atoms with Crippen LogP contribution in [0.2, 0.25) is 5.02 Å². The molecule has 1 fully saturated rings. The molecule has 0 aromatic heterocycles. The minimum Gasteiger partial charge on any atom is -0.223 e. The van der Waals surface area contributed by atoms with Crippen LogP contribution < -0.4 is 0 Å². The molecule has 130 valence electrons. The van der Waals surface area contributed by atoms with Gasteiger partial charge in [-0.05, 0) is 60.8 Å². The van der Waals surface area contributed by atoms with Gasteiger partial charge in [-0.1, -0.05) is 16.7 Å². The number of benzene rings is 2. The molecule has 5 nitrogen and oxygen atoms in total. The quantitative estimate of drug-likeness (QED) is 0.433. The molecule has 0 radical (unpaired) electrons. The first-order valence-corrected chi connectivity index (χ1v) is 9.16. The molecule has 0 bridgehead atoms. The largest absolute Gasteiger partial charge is 0.223 e. The van der Waals surface area contributed by atoms with Crippen LogP contribution in [0.25, 0.3) is 10.4 Å². The van der Waals surface area contributed by atoms with Gasteiger partial charge in [0.15, 0.2) is 9.84 Å². The molecule has 9 heteroatoms. The summed E-state index contributed by atoms with van der Waals surface area (Å²) < 4.78 is 52.7. The molecule has 25 heavy (non-hydrogen) atoms. The number of nitrogens with zero attached hydrogens (tertiary/aromatic N) is 3. The Morgan fingerprint density at radius 2 is 1.80 bits per heavy atom. The number of hydrogen-bond acceptors (Lipinski definition) is 3. The fraction of sp³-hybridized carbons (Fsp3) is 0.250. The molecule has 2 aromatic carbocycles. The molecule has 0 aliphatic heterocycles. The van der Waals surface area contributed by atoms with E-state index < -0.39 is 32.3 Å². The summed E-state index contributed by atoms with van der Waals surface area (Å²) in [5.74, 6) is -1.56. The van der Waals surface area contributed by atoms with Crippen LogP contribution in [0, 0.1) is 11.6 Å². The first-order chi connectivity index (χ1) is 11.8. The minimum atomic E-state index is -4.07. The van der Waals surface area contributed by atoms with Crippen molar-refractivity contribution in [1.29, 1.82) is 0 Å². The molecule has 0 amide bonds. The number of hydrogen-bond donors (Lipinski definition) is 0. The molecular formula is C16H12ClF2N3O2S. The summed E-state index contributed by atoms with van der Waals surface area (Å²) in [4.78, 5) is 2.61. The zero-order chi connectivity index (χ0) is 18.2. The Bertz CT molecular complexity index is 967.